The number of ether oxygens (including phenoxy) is 2. The Kier molecular flexibility index (Phi) is 6.44. The van der Waals surface area contributed by atoms with Gasteiger partial charge in [-0.3, -0.25) is 4.90 Å². The zero-order valence-electron chi connectivity index (χ0n) is 18.4. The van der Waals surface area contributed by atoms with E-state index < -0.39 is 6.10 Å². The molecule has 1 atom stereocenters. The van der Waals surface area contributed by atoms with Crippen molar-refractivity contribution in [1.82, 2.24) is 14.5 Å². The molecule has 1 aliphatic rings. The van der Waals surface area contributed by atoms with Gasteiger partial charge in [0.05, 0.1) is 14.2 Å². The molecule has 7 heteroatoms. The Morgan fingerprint density at radius 3 is 2.29 bits per heavy atom. The molecule has 4 rings (SSSR count). The second-order valence-electron chi connectivity index (χ2n) is 7.84. The van der Waals surface area contributed by atoms with Gasteiger partial charge in [-0.2, -0.15) is 0 Å². The molecule has 1 saturated heterocycles. The molecule has 1 N–H and O–H groups in total. The molecule has 0 aliphatic carbocycles. The second-order valence-corrected chi connectivity index (χ2v) is 7.84. The highest BCUT2D eigenvalue weighted by atomic mass is 16.5. The molecule has 0 bridgehead atoms. The van der Waals surface area contributed by atoms with Crippen LogP contribution in [0.25, 0.3) is 0 Å². The van der Waals surface area contributed by atoms with E-state index in [2.05, 4.69) is 33.0 Å². The molecule has 0 amide bonds. The Balaban J connectivity index is 1.45. The van der Waals surface area contributed by atoms with Crippen LogP contribution in [-0.2, 0) is 13.6 Å². The quantitative estimate of drug-likeness (QED) is 0.632. The molecule has 3 aromatic rings. The third-order valence-corrected chi connectivity index (χ3v) is 5.86. The van der Waals surface area contributed by atoms with E-state index in [1.807, 2.05) is 42.1 Å². The molecule has 164 valence electrons. The fourth-order valence-corrected chi connectivity index (χ4v) is 4.15. The summed E-state index contributed by atoms with van der Waals surface area (Å²) in [6, 6.07) is 14.1. The fraction of sp³-hybridized carbons (Fsp3) is 0.375. The summed E-state index contributed by atoms with van der Waals surface area (Å²) in [5.74, 6) is 2.27. The molecule has 0 saturated carbocycles. The first-order valence-electron chi connectivity index (χ1n) is 10.5. The van der Waals surface area contributed by atoms with Crippen molar-refractivity contribution in [3.8, 4) is 11.5 Å². The van der Waals surface area contributed by atoms with Gasteiger partial charge in [0.2, 0.25) is 0 Å². The highest BCUT2D eigenvalue weighted by Crippen LogP contribution is 2.31. The van der Waals surface area contributed by atoms with Crippen molar-refractivity contribution in [3.63, 3.8) is 0 Å². The lowest BCUT2D eigenvalue weighted by molar-refractivity contribution is 0.205. The second kappa shape index (κ2) is 9.41. The van der Waals surface area contributed by atoms with Crippen molar-refractivity contribution < 1.29 is 14.6 Å². The Morgan fingerprint density at radius 2 is 1.68 bits per heavy atom. The molecule has 1 aliphatic heterocycles. The minimum Gasteiger partial charge on any atom is -0.497 e. The Hall–Kier alpha value is -3.03. The lowest BCUT2D eigenvalue weighted by Crippen LogP contribution is -2.46. The van der Waals surface area contributed by atoms with Crippen molar-refractivity contribution in [2.45, 2.75) is 12.6 Å². The average molecular weight is 423 g/mol. The van der Waals surface area contributed by atoms with E-state index in [0.29, 0.717) is 5.82 Å². The number of rotatable bonds is 7. The molecule has 1 aromatic heterocycles. The van der Waals surface area contributed by atoms with Gasteiger partial charge in [0.25, 0.3) is 0 Å². The Bertz CT molecular complexity index is 989. The molecule has 0 spiro atoms. The maximum atomic E-state index is 11.0. The van der Waals surface area contributed by atoms with Crippen LogP contribution < -0.4 is 14.4 Å². The van der Waals surface area contributed by atoms with Gasteiger partial charge in [0.1, 0.15) is 23.4 Å². The zero-order valence-corrected chi connectivity index (χ0v) is 18.4. The normalized spacial score (nSPS) is 15.7. The lowest BCUT2D eigenvalue weighted by atomic mass is 10.0. The number of aliphatic hydroxyl groups excluding tert-OH is 1. The largest absolute Gasteiger partial charge is 0.497 e. The van der Waals surface area contributed by atoms with Crippen molar-refractivity contribution in [2.24, 2.45) is 7.05 Å². The number of aliphatic hydroxyl groups is 1. The van der Waals surface area contributed by atoms with E-state index in [1.165, 1.54) is 5.56 Å². The van der Waals surface area contributed by atoms with E-state index in [4.69, 9.17) is 9.47 Å². The topological polar surface area (TPSA) is 63.0 Å². The van der Waals surface area contributed by atoms with Gasteiger partial charge in [-0.05, 0) is 23.8 Å². The number of methoxy groups -OCH3 is 2. The molecule has 2 heterocycles. The van der Waals surface area contributed by atoms with Gasteiger partial charge >= 0.3 is 0 Å². The van der Waals surface area contributed by atoms with Crippen molar-refractivity contribution in [1.29, 1.82) is 0 Å². The van der Waals surface area contributed by atoms with E-state index >= 15 is 0 Å². The van der Waals surface area contributed by atoms with Gasteiger partial charge in [-0.1, -0.05) is 18.2 Å². The number of para-hydroxylation sites is 1. The van der Waals surface area contributed by atoms with Gasteiger partial charge in [-0.15, -0.1) is 0 Å². The number of piperazine rings is 1. The average Bonchev–Trinajstić information content (AvgIpc) is 3.24. The van der Waals surface area contributed by atoms with Gasteiger partial charge < -0.3 is 24.0 Å². The molecule has 1 fully saturated rings. The summed E-state index contributed by atoms with van der Waals surface area (Å²) in [4.78, 5) is 9.12. The molecule has 7 nitrogen and oxygen atoms in total. The van der Waals surface area contributed by atoms with Crippen LogP contribution in [0, 0.1) is 0 Å². The number of aryl methyl sites for hydroxylation is 1. The van der Waals surface area contributed by atoms with Crippen LogP contribution in [0.3, 0.4) is 0 Å². The van der Waals surface area contributed by atoms with Crippen molar-refractivity contribution in [3.05, 3.63) is 71.8 Å². The molecule has 1 unspecified atom stereocenters. The summed E-state index contributed by atoms with van der Waals surface area (Å²) in [6.45, 7) is 4.51. The van der Waals surface area contributed by atoms with Crippen LogP contribution in [0.5, 0.6) is 11.5 Å². The molecule has 31 heavy (non-hydrogen) atoms. The SMILES string of the molecule is COc1cc(CN2CCN(c3ccccc3C(O)c3nccn3C)CC2)cc(OC)c1. The number of aromatic nitrogens is 2. The first-order chi connectivity index (χ1) is 15.1. The Labute approximate surface area is 183 Å². The van der Waals surface area contributed by atoms with E-state index in [9.17, 15) is 5.11 Å². The summed E-state index contributed by atoms with van der Waals surface area (Å²) >= 11 is 0. The van der Waals surface area contributed by atoms with E-state index in [1.54, 1.807) is 20.4 Å². The standard InChI is InChI=1S/C24H30N4O3/c1-26-9-8-25-24(26)23(29)21-6-4-5-7-22(21)28-12-10-27(11-13-28)17-18-14-19(30-2)16-20(15-18)31-3/h4-9,14-16,23,29H,10-13,17H2,1-3H3. The predicted octanol–water partition coefficient (Wildman–Crippen LogP) is 2.84. The van der Waals surface area contributed by atoms with Gasteiger partial charge in [-0.25, -0.2) is 4.98 Å². The minimum absolute atomic E-state index is 0.651. The first-order valence-corrected chi connectivity index (χ1v) is 10.5. The van der Waals surface area contributed by atoms with Crippen molar-refractivity contribution in [2.75, 3.05) is 45.3 Å². The van der Waals surface area contributed by atoms with Crippen LogP contribution in [0.15, 0.2) is 54.9 Å². The monoisotopic (exact) mass is 422 g/mol. The van der Waals surface area contributed by atoms with Gasteiger partial charge in [0, 0.05) is 69.5 Å². The summed E-state index contributed by atoms with van der Waals surface area (Å²) in [5.41, 5.74) is 3.14. The van der Waals surface area contributed by atoms with Crippen molar-refractivity contribution >= 4 is 5.69 Å². The summed E-state index contributed by atoms with van der Waals surface area (Å²) in [6.07, 6.45) is 2.82. The van der Waals surface area contributed by atoms with Crippen LogP contribution in [0.4, 0.5) is 5.69 Å². The third kappa shape index (κ3) is 4.68. The van der Waals surface area contributed by atoms with Crippen LogP contribution in [0.1, 0.15) is 23.1 Å². The van der Waals surface area contributed by atoms with Crippen LogP contribution in [0.2, 0.25) is 0 Å². The fourth-order valence-electron chi connectivity index (χ4n) is 4.15. The van der Waals surface area contributed by atoms with Crippen LogP contribution >= 0.6 is 0 Å². The maximum absolute atomic E-state index is 11.0. The minimum atomic E-state index is -0.751. The number of benzene rings is 2. The number of hydrogen-bond acceptors (Lipinski definition) is 6. The lowest BCUT2D eigenvalue weighted by Gasteiger charge is -2.37. The predicted molar refractivity (Wildman–Crippen MR) is 121 cm³/mol. The first kappa shape index (κ1) is 21.2. The summed E-state index contributed by atoms with van der Waals surface area (Å²) in [7, 11) is 5.25. The van der Waals surface area contributed by atoms with E-state index in [0.717, 1.165) is 55.5 Å². The molecular weight excluding hydrogens is 392 g/mol. The van der Waals surface area contributed by atoms with Gasteiger partial charge in [0.15, 0.2) is 0 Å². The van der Waals surface area contributed by atoms with Crippen LogP contribution in [-0.4, -0.2) is 60.0 Å². The smallest absolute Gasteiger partial charge is 0.142 e. The Morgan fingerprint density at radius 1 is 1.00 bits per heavy atom. The summed E-state index contributed by atoms with van der Waals surface area (Å²) in [5, 5.41) is 11.0. The highest BCUT2D eigenvalue weighted by molar-refractivity contribution is 5.56. The number of imidazole rings is 1. The number of anilines is 1. The molecular formula is C24H30N4O3. The molecule has 2 aromatic carbocycles. The number of nitrogens with zero attached hydrogens (tertiary/aromatic N) is 4. The third-order valence-electron chi connectivity index (χ3n) is 5.86. The number of hydrogen-bond donors (Lipinski definition) is 1. The maximum Gasteiger partial charge on any atom is 0.142 e. The van der Waals surface area contributed by atoms with E-state index in [-0.39, 0.29) is 0 Å². The summed E-state index contributed by atoms with van der Waals surface area (Å²) < 4.78 is 12.7. The zero-order chi connectivity index (χ0) is 21.8. The highest BCUT2D eigenvalue weighted by Gasteiger charge is 2.24. The molecule has 0 radical (unpaired) electrons.